The Balaban J connectivity index is 2.63. The van der Waals surface area contributed by atoms with Gasteiger partial charge in [-0.25, -0.2) is 4.68 Å². The van der Waals surface area contributed by atoms with E-state index in [-0.39, 0.29) is 11.0 Å². The third-order valence-electron chi connectivity index (χ3n) is 1.47. The van der Waals surface area contributed by atoms with Gasteiger partial charge in [0.15, 0.2) is 0 Å². The molecule has 1 atom stereocenters. The molecule has 0 bridgehead atoms. The van der Waals surface area contributed by atoms with Gasteiger partial charge in [0.2, 0.25) is 0 Å². The summed E-state index contributed by atoms with van der Waals surface area (Å²) in [4.78, 5) is 11.0. The number of aryl methyl sites for hydroxylation is 2. The molecule has 0 saturated carbocycles. The molecule has 0 spiro atoms. The van der Waals surface area contributed by atoms with Crippen molar-refractivity contribution in [2.24, 2.45) is 0 Å². The molecular formula is C7H12N2O2S. The average Bonchev–Trinajstić information content (AvgIpc) is 2.26. The minimum atomic E-state index is -0.376. The molecule has 0 fully saturated rings. The Morgan fingerprint density at radius 1 is 1.75 bits per heavy atom. The predicted octanol–water partition coefficient (Wildman–Crippen LogP) is 0.384. The molecule has 0 aliphatic heterocycles. The maximum Gasteiger partial charge on any atom is 0.325 e. The Morgan fingerprint density at radius 2 is 2.42 bits per heavy atom. The zero-order valence-corrected chi connectivity index (χ0v) is 7.97. The summed E-state index contributed by atoms with van der Waals surface area (Å²) in [5, 5.41) is 13.7. The first-order chi connectivity index (χ1) is 5.59. The largest absolute Gasteiger partial charge is 0.393 e. The third-order valence-corrected chi connectivity index (χ3v) is 2.23. The van der Waals surface area contributed by atoms with Gasteiger partial charge >= 0.3 is 4.87 Å². The smallest absolute Gasteiger partial charge is 0.325 e. The van der Waals surface area contributed by atoms with Crippen molar-refractivity contribution in [1.82, 2.24) is 9.78 Å². The fourth-order valence-electron chi connectivity index (χ4n) is 0.861. The van der Waals surface area contributed by atoms with E-state index in [0.717, 1.165) is 16.3 Å². The second kappa shape index (κ2) is 3.82. The molecule has 4 nitrogen and oxygen atoms in total. The average molecular weight is 188 g/mol. The van der Waals surface area contributed by atoms with Crippen LogP contribution in [0.5, 0.6) is 0 Å². The Labute approximate surface area is 74.5 Å². The van der Waals surface area contributed by atoms with Gasteiger partial charge in [-0.2, -0.15) is 5.10 Å². The molecule has 0 saturated heterocycles. The van der Waals surface area contributed by atoms with Crippen LogP contribution in [0.4, 0.5) is 0 Å². The molecular weight excluding hydrogens is 176 g/mol. The lowest BCUT2D eigenvalue weighted by Gasteiger charge is -2.01. The summed E-state index contributed by atoms with van der Waals surface area (Å²) in [6, 6.07) is 0. The van der Waals surface area contributed by atoms with E-state index in [1.807, 2.05) is 0 Å². The highest BCUT2D eigenvalue weighted by Crippen LogP contribution is 1.97. The maximum absolute atomic E-state index is 11.1. The molecule has 5 heteroatoms. The van der Waals surface area contributed by atoms with E-state index in [0.29, 0.717) is 13.0 Å². The standard InChI is InChI=1S/C7H12N2O2S/c1-5(10)3-4-9-7(11)12-6(2)8-9/h5,10H,3-4H2,1-2H3. The molecule has 1 unspecified atom stereocenters. The lowest BCUT2D eigenvalue weighted by Crippen LogP contribution is -2.17. The number of rotatable bonds is 3. The van der Waals surface area contributed by atoms with Gasteiger partial charge in [0.25, 0.3) is 0 Å². The van der Waals surface area contributed by atoms with Gasteiger partial charge in [-0.1, -0.05) is 11.3 Å². The Bertz CT molecular complexity index is 303. The second-order valence-corrected chi connectivity index (χ2v) is 3.89. The minimum absolute atomic E-state index is 0.0480. The van der Waals surface area contributed by atoms with Crippen molar-refractivity contribution in [3.05, 3.63) is 14.7 Å². The van der Waals surface area contributed by atoms with Gasteiger partial charge in [-0.05, 0) is 20.3 Å². The Hall–Kier alpha value is -0.680. The topological polar surface area (TPSA) is 55.1 Å². The molecule has 1 rings (SSSR count). The summed E-state index contributed by atoms with van der Waals surface area (Å²) in [6.07, 6.45) is 0.196. The van der Waals surface area contributed by atoms with Crippen LogP contribution in [0.25, 0.3) is 0 Å². The highest BCUT2D eigenvalue weighted by molar-refractivity contribution is 7.08. The fraction of sp³-hybridized carbons (Fsp3) is 0.714. The van der Waals surface area contributed by atoms with Crippen LogP contribution >= 0.6 is 11.3 Å². The third kappa shape index (κ3) is 2.42. The molecule has 0 aliphatic rings. The molecule has 1 N–H and O–H groups in total. The summed E-state index contributed by atoms with van der Waals surface area (Å²) in [6.45, 7) is 4.00. The highest BCUT2D eigenvalue weighted by atomic mass is 32.1. The van der Waals surface area contributed by atoms with E-state index in [9.17, 15) is 4.79 Å². The maximum atomic E-state index is 11.1. The van der Waals surface area contributed by atoms with E-state index in [4.69, 9.17) is 5.11 Å². The lowest BCUT2D eigenvalue weighted by molar-refractivity contribution is 0.176. The monoisotopic (exact) mass is 188 g/mol. The lowest BCUT2D eigenvalue weighted by atomic mass is 10.3. The van der Waals surface area contributed by atoms with Crippen LogP contribution in [0.1, 0.15) is 18.4 Å². The van der Waals surface area contributed by atoms with Crippen LogP contribution in [-0.2, 0) is 6.54 Å². The van der Waals surface area contributed by atoms with E-state index < -0.39 is 0 Å². The Kier molecular flexibility index (Phi) is 2.99. The SMILES string of the molecule is Cc1nn(CCC(C)O)c(=O)s1. The van der Waals surface area contributed by atoms with E-state index in [1.165, 1.54) is 4.68 Å². The van der Waals surface area contributed by atoms with Gasteiger partial charge in [0, 0.05) is 6.54 Å². The van der Waals surface area contributed by atoms with Gasteiger partial charge in [-0.3, -0.25) is 4.79 Å². The minimum Gasteiger partial charge on any atom is -0.393 e. The van der Waals surface area contributed by atoms with Crippen molar-refractivity contribution in [1.29, 1.82) is 0 Å². The summed E-state index contributed by atoms with van der Waals surface area (Å²) in [7, 11) is 0. The van der Waals surface area contributed by atoms with Crippen molar-refractivity contribution >= 4 is 11.3 Å². The van der Waals surface area contributed by atoms with Crippen LogP contribution in [0.2, 0.25) is 0 Å². The van der Waals surface area contributed by atoms with E-state index in [1.54, 1.807) is 13.8 Å². The summed E-state index contributed by atoms with van der Waals surface area (Å²) < 4.78 is 1.40. The van der Waals surface area contributed by atoms with Crippen LogP contribution in [-0.4, -0.2) is 21.0 Å². The number of nitrogens with zero attached hydrogens (tertiary/aromatic N) is 2. The van der Waals surface area contributed by atoms with Gasteiger partial charge in [0.05, 0.1) is 6.10 Å². The number of hydrogen-bond donors (Lipinski definition) is 1. The van der Waals surface area contributed by atoms with Crippen molar-refractivity contribution in [2.75, 3.05) is 0 Å². The Morgan fingerprint density at radius 3 is 2.83 bits per heavy atom. The van der Waals surface area contributed by atoms with Gasteiger partial charge < -0.3 is 5.11 Å². The molecule has 0 aromatic carbocycles. The van der Waals surface area contributed by atoms with E-state index in [2.05, 4.69) is 5.10 Å². The highest BCUT2D eigenvalue weighted by Gasteiger charge is 2.03. The first-order valence-electron chi connectivity index (χ1n) is 3.82. The summed E-state index contributed by atoms with van der Waals surface area (Å²) in [5.74, 6) is 0. The van der Waals surface area contributed by atoms with Crippen molar-refractivity contribution in [3.63, 3.8) is 0 Å². The number of aliphatic hydroxyl groups excluding tert-OH is 1. The zero-order valence-electron chi connectivity index (χ0n) is 7.15. The predicted molar refractivity (Wildman–Crippen MR) is 47.4 cm³/mol. The van der Waals surface area contributed by atoms with Crippen LogP contribution in [0.15, 0.2) is 4.79 Å². The first-order valence-corrected chi connectivity index (χ1v) is 4.64. The molecule has 1 aromatic rings. The van der Waals surface area contributed by atoms with Crippen LogP contribution in [0, 0.1) is 6.92 Å². The summed E-state index contributed by atoms with van der Waals surface area (Å²) >= 11 is 1.14. The quantitative estimate of drug-likeness (QED) is 0.746. The molecule has 0 aliphatic carbocycles. The van der Waals surface area contributed by atoms with Crippen LogP contribution in [0.3, 0.4) is 0 Å². The zero-order chi connectivity index (χ0) is 9.14. The normalized spacial score (nSPS) is 13.2. The van der Waals surface area contributed by atoms with Crippen molar-refractivity contribution < 1.29 is 5.11 Å². The number of hydrogen-bond acceptors (Lipinski definition) is 4. The van der Waals surface area contributed by atoms with E-state index >= 15 is 0 Å². The first kappa shape index (κ1) is 9.41. The molecule has 12 heavy (non-hydrogen) atoms. The molecule has 1 aromatic heterocycles. The van der Waals surface area contributed by atoms with Gasteiger partial charge in [-0.15, -0.1) is 0 Å². The van der Waals surface area contributed by atoms with Crippen LogP contribution < -0.4 is 4.87 Å². The second-order valence-electron chi connectivity index (χ2n) is 2.75. The van der Waals surface area contributed by atoms with Crippen molar-refractivity contribution in [3.8, 4) is 0 Å². The molecule has 0 amide bonds. The molecule has 68 valence electrons. The fourth-order valence-corrected chi connectivity index (χ4v) is 1.49. The molecule has 0 radical (unpaired) electrons. The van der Waals surface area contributed by atoms with Crippen molar-refractivity contribution in [2.45, 2.75) is 32.9 Å². The number of aliphatic hydroxyl groups is 1. The molecule has 1 heterocycles. The summed E-state index contributed by atoms with van der Waals surface area (Å²) in [5.41, 5.74) is 0. The number of aromatic nitrogens is 2. The van der Waals surface area contributed by atoms with Gasteiger partial charge in [0.1, 0.15) is 5.01 Å².